The molecule has 8 nitrogen and oxygen atoms in total. The van der Waals surface area contributed by atoms with Crippen molar-refractivity contribution in [1.29, 1.82) is 0 Å². The van der Waals surface area contributed by atoms with Crippen molar-refractivity contribution in [1.82, 2.24) is 14.9 Å². The molecule has 0 bridgehead atoms. The number of nitrogens with one attached hydrogen (secondary N) is 1. The van der Waals surface area contributed by atoms with E-state index in [-0.39, 0.29) is 0 Å². The molecule has 4 aliphatic rings. The fourth-order valence-electron chi connectivity index (χ4n) is 5.86. The number of ether oxygens (including phenoxy) is 2. The van der Waals surface area contributed by atoms with Gasteiger partial charge in [-0.05, 0) is 48.8 Å². The van der Waals surface area contributed by atoms with Crippen molar-refractivity contribution >= 4 is 28.3 Å². The molecule has 1 N–H and O–H groups in total. The Labute approximate surface area is 221 Å². The maximum Gasteiger partial charge on any atom is 0.227 e. The number of hydrogen-bond acceptors (Lipinski definition) is 8. The summed E-state index contributed by atoms with van der Waals surface area (Å²) in [5, 5.41) is 3.60. The number of morpholine rings is 1. The van der Waals surface area contributed by atoms with E-state index >= 15 is 0 Å². The second kappa shape index (κ2) is 11.1. The van der Waals surface area contributed by atoms with Gasteiger partial charge in [0.25, 0.3) is 0 Å². The Morgan fingerprint density at radius 3 is 2.54 bits per heavy atom. The number of aromatic nitrogens is 2. The first-order chi connectivity index (χ1) is 18.2. The van der Waals surface area contributed by atoms with E-state index in [4.69, 9.17) is 19.4 Å². The van der Waals surface area contributed by atoms with Crippen LogP contribution in [0.1, 0.15) is 48.4 Å². The number of nitrogens with zero attached hydrogens (tertiary/aromatic N) is 4. The molecule has 4 aliphatic heterocycles. The van der Waals surface area contributed by atoms with Crippen LogP contribution in [0, 0.1) is 0 Å². The van der Waals surface area contributed by atoms with E-state index in [1.807, 2.05) is 0 Å². The zero-order chi connectivity index (χ0) is 25.2. The second-order valence-corrected chi connectivity index (χ2v) is 11.9. The first-order valence-electron chi connectivity index (χ1n) is 13.7. The van der Waals surface area contributed by atoms with E-state index in [1.54, 1.807) is 0 Å². The van der Waals surface area contributed by atoms with Crippen LogP contribution >= 0.6 is 0 Å². The first-order valence-corrected chi connectivity index (χ1v) is 15.0. The molecule has 0 aliphatic carbocycles. The number of hydrogen-bond donors (Lipinski definition) is 1. The highest BCUT2D eigenvalue weighted by Gasteiger charge is 2.30. The van der Waals surface area contributed by atoms with E-state index in [0.29, 0.717) is 17.7 Å². The normalized spacial score (nSPS) is 23.2. The topological polar surface area (TPSA) is 79.8 Å². The fourth-order valence-corrected chi connectivity index (χ4v) is 7.17. The highest BCUT2D eigenvalue weighted by atomic mass is 32.2. The molecule has 9 heteroatoms. The van der Waals surface area contributed by atoms with Crippen LogP contribution in [0.15, 0.2) is 35.7 Å². The van der Waals surface area contributed by atoms with Gasteiger partial charge >= 0.3 is 0 Å². The Morgan fingerprint density at radius 2 is 1.76 bits per heavy atom. The summed E-state index contributed by atoms with van der Waals surface area (Å²) in [7, 11) is -1.02. The van der Waals surface area contributed by atoms with Gasteiger partial charge in [0.1, 0.15) is 10.7 Å². The lowest BCUT2D eigenvalue weighted by molar-refractivity contribution is 0.0641. The van der Waals surface area contributed by atoms with Gasteiger partial charge < -0.3 is 24.6 Å². The largest absolute Gasteiger partial charge is 0.381 e. The van der Waals surface area contributed by atoms with Gasteiger partial charge in [-0.2, -0.15) is 4.98 Å². The van der Waals surface area contributed by atoms with Gasteiger partial charge in [0.15, 0.2) is 0 Å². The Bertz CT molecular complexity index is 1150. The Balaban J connectivity index is 1.15. The molecule has 0 spiro atoms. The molecular formula is C28H37N5O3S. The van der Waals surface area contributed by atoms with Crippen LogP contribution < -0.4 is 10.2 Å². The van der Waals surface area contributed by atoms with E-state index in [0.717, 1.165) is 113 Å². The number of aryl methyl sites for hydroxylation is 1. The molecule has 2 aromatic rings. The van der Waals surface area contributed by atoms with Crippen molar-refractivity contribution in [3.8, 4) is 0 Å². The minimum absolute atomic E-state index is 0.309. The molecule has 1 unspecified atom stereocenters. The lowest BCUT2D eigenvalue weighted by Gasteiger charge is -2.34. The van der Waals surface area contributed by atoms with Gasteiger partial charge in [-0.1, -0.05) is 24.8 Å². The minimum atomic E-state index is -1.02. The van der Waals surface area contributed by atoms with Gasteiger partial charge in [-0.3, -0.25) is 4.21 Å². The fraction of sp³-hybridized carbons (Fsp3) is 0.571. The summed E-state index contributed by atoms with van der Waals surface area (Å²) in [6.07, 6.45) is 4.77. The van der Waals surface area contributed by atoms with Crippen molar-refractivity contribution in [3.05, 3.63) is 47.7 Å². The van der Waals surface area contributed by atoms with Crippen LogP contribution in [-0.4, -0.2) is 83.5 Å². The highest BCUT2D eigenvalue weighted by molar-refractivity contribution is 7.85. The first kappa shape index (κ1) is 24.8. The molecular weight excluding hydrogens is 486 g/mol. The van der Waals surface area contributed by atoms with Crippen LogP contribution in [0.25, 0.3) is 5.70 Å². The highest BCUT2D eigenvalue weighted by Crippen LogP contribution is 2.35. The molecule has 1 aromatic heterocycles. The van der Waals surface area contributed by atoms with Gasteiger partial charge in [0.05, 0.1) is 29.7 Å². The summed E-state index contributed by atoms with van der Waals surface area (Å²) in [5.41, 5.74) is 4.64. The molecule has 198 valence electrons. The Morgan fingerprint density at radius 1 is 1.00 bits per heavy atom. The van der Waals surface area contributed by atoms with E-state index < -0.39 is 10.8 Å². The molecule has 37 heavy (non-hydrogen) atoms. The lowest BCUT2D eigenvalue weighted by atomic mass is 9.88. The molecule has 0 amide bonds. The zero-order valence-electron chi connectivity index (χ0n) is 21.5. The molecule has 1 aromatic carbocycles. The van der Waals surface area contributed by atoms with Crippen LogP contribution in [0.5, 0.6) is 0 Å². The van der Waals surface area contributed by atoms with Crippen molar-refractivity contribution in [2.75, 3.05) is 68.6 Å². The molecule has 1 atom stereocenters. The maximum atomic E-state index is 12.7. The van der Waals surface area contributed by atoms with Crippen molar-refractivity contribution < 1.29 is 13.7 Å². The van der Waals surface area contributed by atoms with Crippen LogP contribution in [0.3, 0.4) is 0 Å². The lowest BCUT2D eigenvalue weighted by Crippen LogP contribution is -2.35. The van der Waals surface area contributed by atoms with Gasteiger partial charge in [0, 0.05) is 63.3 Å². The molecule has 3 saturated heterocycles. The molecule has 6 rings (SSSR count). The average molecular weight is 524 g/mol. The van der Waals surface area contributed by atoms with E-state index in [2.05, 4.69) is 46.0 Å². The van der Waals surface area contributed by atoms with Crippen LogP contribution in [-0.2, 0) is 26.7 Å². The smallest absolute Gasteiger partial charge is 0.227 e. The minimum Gasteiger partial charge on any atom is -0.381 e. The number of piperidine rings is 1. The maximum absolute atomic E-state index is 12.7. The number of benzene rings is 1. The van der Waals surface area contributed by atoms with E-state index in [9.17, 15) is 4.21 Å². The number of rotatable bonds is 6. The van der Waals surface area contributed by atoms with Gasteiger partial charge in [-0.15, -0.1) is 0 Å². The van der Waals surface area contributed by atoms with Gasteiger partial charge in [-0.25, -0.2) is 4.98 Å². The van der Waals surface area contributed by atoms with Crippen LogP contribution in [0.2, 0.25) is 0 Å². The van der Waals surface area contributed by atoms with E-state index in [1.165, 1.54) is 11.1 Å². The summed E-state index contributed by atoms with van der Waals surface area (Å²) in [6, 6.07) is 9.23. The van der Waals surface area contributed by atoms with Crippen LogP contribution in [0.4, 0.5) is 11.8 Å². The Kier molecular flexibility index (Phi) is 7.44. The summed E-state index contributed by atoms with van der Waals surface area (Å²) >= 11 is 0. The molecule has 3 fully saturated rings. The third-order valence-corrected chi connectivity index (χ3v) is 9.56. The Hall–Kier alpha value is -2.49. The van der Waals surface area contributed by atoms with Crippen molar-refractivity contribution in [2.24, 2.45) is 0 Å². The third-order valence-electron chi connectivity index (χ3n) is 8.10. The second-order valence-electron chi connectivity index (χ2n) is 10.4. The number of anilines is 2. The average Bonchev–Trinajstić information content (AvgIpc) is 3.34. The SMILES string of the molecule is C=C(c1cccc(C2CCN(c3nc4c(c(NC5CCOCC5)n3)S(=O)CC4)CC2)c1)N1CCOCC1. The predicted octanol–water partition coefficient (Wildman–Crippen LogP) is 3.42. The third kappa shape index (κ3) is 5.40. The molecule has 0 saturated carbocycles. The standard InChI is InChI=1S/C28H37N5O3S/c1-20(32-12-16-36-17-13-32)22-3-2-4-23(19-22)21-5-10-33(11-6-21)28-30-25-9-18-37(34)26(25)27(31-28)29-24-7-14-35-15-8-24/h2-4,19,21,24H,1,5-18H2,(H,29,30,31). The summed E-state index contributed by atoms with van der Waals surface area (Å²) < 4.78 is 23.7. The molecule has 5 heterocycles. The quantitative estimate of drug-likeness (QED) is 0.617. The number of fused-ring (bicyclic) bond motifs is 1. The zero-order valence-corrected chi connectivity index (χ0v) is 22.3. The predicted molar refractivity (Wildman–Crippen MR) is 147 cm³/mol. The molecule has 0 radical (unpaired) electrons. The van der Waals surface area contributed by atoms with Gasteiger partial charge in [0.2, 0.25) is 5.95 Å². The summed E-state index contributed by atoms with van der Waals surface area (Å²) in [4.78, 5) is 15.3. The van der Waals surface area contributed by atoms with Crippen molar-refractivity contribution in [2.45, 2.75) is 49.0 Å². The van der Waals surface area contributed by atoms with Crippen molar-refractivity contribution in [3.63, 3.8) is 0 Å². The monoisotopic (exact) mass is 523 g/mol. The summed E-state index contributed by atoms with van der Waals surface area (Å²) in [5.74, 6) is 2.71. The summed E-state index contributed by atoms with van der Waals surface area (Å²) in [6.45, 7) is 11.1.